The molecule has 0 amide bonds. The van der Waals surface area contributed by atoms with Crippen LogP contribution in [0.2, 0.25) is 0 Å². The topological polar surface area (TPSA) is 52.1 Å². The van der Waals surface area contributed by atoms with Gasteiger partial charge in [-0.15, -0.1) is 0 Å². The Kier molecular flexibility index (Phi) is 4.13. The van der Waals surface area contributed by atoms with Gasteiger partial charge in [0.2, 0.25) is 0 Å². The molecule has 0 spiro atoms. The summed E-state index contributed by atoms with van der Waals surface area (Å²) in [6.07, 6.45) is 0.0161. The van der Waals surface area contributed by atoms with Gasteiger partial charge in [-0.2, -0.15) is 10.2 Å². The quantitative estimate of drug-likeness (QED) is 0.801. The maximum Gasteiger partial charge on any atom is 0.198 e. The molecule has 0 N–H and O–H groups in total. The maximum atomic E-state index is 12.7. The van der Waals surface area contributed by atoms with Crippen LogP contribution in [-0.2, 0) is 0 Å². The van der Waals surface area contributed by atoms with Gasteiger partial charge < -0.3 is 4.74 Å². The first-order valence-corrected chi connectivity index (χ1v) is 6.60. The first-order chi connectivity index (χ1) is 9.49. The first kappa shape index (κ1) is 14.2. The van der Waals surface area contributed by atoms with Crippen molar-refractivity contribution in [3.63, 3.8) is 0 Å². The van der Waals surface area contributed by atoms with Crippen molar-refractivity contribution in [1.82, 2.24) is 10.2 Å². The van der Waals surface area contributed by atoms with E-state index in [-0.39, 0.29) is 11.9 Å². The third kappa shape index (κ3) is 3.02. The molecule has 1 aromatic heterocycles. The standard InChI is InChI=1S/C16H18N2O2/c1-10(2)20-15-8-6-5-7-13(15)16(19)14-9-11(3)17-18-12(14)4/h5-10H,1-4H3. The molecule has 0 aliphatic carbocycles. The molecule has 4 heteroatoms. The van der Waals surface area contributed by atoms with E-state index in [1.54, 1.807) is 19.1 Å². The second kappa shape index (κ2) is 5.82. The highest BCUT2D eigenvalue weighted by atomic mass is 16.5. The molecular formula is C16H18N2O2. The number of benzene rings is 1. The van der Waals surface area contributed by atoms with Crippen molar-refractivity contribution in [3.05, 3.63) is 52.8 Å². The van der Waals surface area contributed by atoms with E-state index in [9.17, 15) is 4.79 Å². The van der Waals surface area contributed by atoms with Crippen LogP contribution in [0.25, 0.3) is 0 Å². The van der Waals surface area contributed by atoms with E-state index in [1.165, 1.54) is 0 Å². The summed E-state index contributed by atoms with van der Waals surface area (Å²) in [5.41, 5.74) is 2.47. The van der Waals surface area contributed by atoms with Crippen LogP contribution in [0.3, 0.4) is 0 Å². The highest BCUT2D eigenvalue weighted by Crippen LogP contribution is 2.23. The van der Waals surface area contributed by atoms with Gasteiger partial charge in [0.05, 0.1) is 23.1 Å². The number of rotatable bonds is 4. The number of aryl methyl sites for hydroxylation is 2. The molecule has 0 aliphatic heterocycles. The molecule has 2 aromatic rings. The largest absolute Gasteiger partial charge is 0.490 e. The summed E-state index contributed by atoms with van der Waals surface area (Å²) < 4.78 is 5.70. The summed E-state index contributed by atoms with van der Waals surface area (Å²) in [4.78, 5) is 12.7. The molecule has 0 unspecified atom stereocenters. The third-order valence-corrected chi connectivity index (χ3v) is 2.84. The average Bonchev–Trinajstić information content (AvgIpc) is 2.41. The van der Waals surface area contributed by atoms with Gasteiger partial charge in [-0.3, -0.25) is 4.79 Å². The molecule has 0 fully saturated rings. The first-order valence-electron chi connectivity index (χ1n) is 6.60. The Bertz CT molecular complexity index is 636. The van der Waals surface area contributed by atoms with Crippen LogP contribution in [0.15, 0.2) is 30.3 Å². The Hall–Kier alpha value is -2.23. The lowest BCUT2D eigenvalue weighted by molar-refractivity contribution is 0.103. The van der Waals surface area contributed by atoms with Crippen LogP contribution in [0, 0.1) is 13.8 Å². The van der Waals surface area contributed by atoms with Crippen LogP contribution in [0.1, 0.15) is 41.2 Å². The molecule has 1 aromatic carbocycles. The van der Waals surface area contributed by atoms with Gasteiger partial charge >= 0.3 is 0 Å². The lowest BCUT2D eigenvalue weighted by atomic mass is 10.0. The molecule has 104 valence electrons. The maximum absolute atomic E-state index is 12.7. The van der Waals surface area contributed by atoms with Crippen molar-refractivity contribution in [2.24, 2.45) is 0 Å². The minimum atomic E-state index is -0.0863. The third-order valence-electron chi connectivity index (χ3n) is 2.84. The van der Waals surface area contributed by atoms with E-state index >= 15 is 0 Å². The average molecular weight is 270 g/mol. The molecule has 0 radical (unpaired) electrons. The second-order valence-electron chi connectivity index (χ2n) is 4.98. The van der Waals surface area contributed by atoms with Gasteiger partial charge in [0.15, 0.2) is 5.78 Å². The fraction of sp³-hybridized carbons (Fsp3) is 0.312. The number of hydrogen-bond donors (Lipinski definition) is 0. The number of ether oxygens (including phenoxy) is 1. The lowest BCUT2D eigenvalue weighted by Crippen LogP contribution is -2.12. The monoisotopic (exact) mass is 270 g/mol. The van der Waals surface area contributed by atoms with Crippen LogP contribution >= 0.6 is 0 Å². The molecule has 0 atom stereocenters. The summed E-state index contributed by atoms with van der Waals surface area (Å²) >= 11 is 0. The van der Waals surface area contributed by atoms with Crippen molar-refractivity contribution < 1.29 is 9.53 Å². The Morgan fingerprint density at radius 2 is 1.80 bits per heavy atom. The zero-order chi connectivity index (χ0) is 14.7. The van der Waals surface area contributed by atoms with E-state index in [2.05, 4.69) is 10.2 Å². The van der Waals surface area contributed by atoms with E-state index < -0.39 is 0 Å². The van der Waals surface area contributed by atoms with Crippen molar-refractivity contribution in [2.45, 2.75) is 33.8 Å². The van der Waals surface area contributed by atoms with E-state index in [4.69, 9.17) is 4.74 Å². The molecule has 0 saturated carbocycles. The fourth-order valence-electron chi connectivity index (χ4n) is 1.94. The van der Waals surface area contributed by atoms with Gasteiger partial charge in [-0.1, -0.05) is 12.1 Å². The summed E-state index contributed by atoms with van der Waals surface area (Å²) in [6, 6.07) is 9.03. The molecule has 4 nitrogen and oxygen atoms in total. The van der Waals surface area contributed by atoms with Crippen LogP contribution < -0.4 is 4.74 Å². The van der Waals surface area contributed by atoms with Gasteiger partial charge in [-0.25, -0.2) is 0 Å². The lowest BCUT2D eigenvalue weighted by Gasteiger charge is -2.14. The van der Waals surface area contributed by atoms with Gasteiger partial charge in [-0.05, 0) is 45.9 Å². The zero-order valence-corrected chi connectivity index (χ0v) is 12.2. The smallest absolute Gasteiger partial charge is 0.198 e. The van der Waals surface area contributed by atoms with Crippen LogP contribution in [-0.4, -0.2) is 22.1 Å². The van der Waals surface area contributed by atoms with Gasteiger partial charge in [0, 0.05) is 5.56 Å². The van der Waals surface area contributed by atoms with Crippen molar-refractivity contribution in [2.75, 3.05) is 0 Å². The number of para-hydroxylation sites is 1. The Balaban J connectivity index is 2.45. The predicted octanol–water partition coefficient (Wildman–Crippen LogP) is 3.11. The van der Waals surface area contributed by atoms with Gasteiger partial charge in [0.1, 0.15) is 5.75 Å². The SMILES string of the molecule is Cc1cc(C(=O)c2ccccc2OC(C)C)c(C)nn1. The van der Waals surface area contributed by atoms with Crippen molar-refractivity contribution >= 4 is 5.78 Å². The number of ketones is 1. The van der Waals surface area contributed by atoms with E-state index in [0.717, 1.165) is 5.69 Å². The second-order valence-corrected chi connectivity index (χ2v) is 4.98. The fourth-order valence-corrected chi connectivity index (χ4v) is 1.94. The minimum absolute atomic E-state index is 0.0161. The zero-order valence-electron chi connectivity index (χ0n) is 12.2. The molecule has 0 saturated heterocycles. The summed E-state index contributed by atoms with van der Waals surface area (Å²) in [5, 5.41) is 7.96. The Morgan fingerprint density at radius 1 is 1.10 bits per heavy atom. The number of hydrogen-bond acceptors (Lipinski definition) is 4. The summed E-state index contributed by atoms with van der Waals surface area (Å²) in [7, 11) is 0. The van der Waals surface area contributed by atoms with E-state index in [0.29, 0.717) is 22.6 Å². The van der Waals surface area contributed by atoms with Crippen LogP contribution in [0.5, 0.6) is 5.75 Å². The number of nitrogens with zero attached hydrogens (tertiary/aromatic N) is 2. The number of aromatic nitrogens is 2. The minimum Gasteiger partial charge on any atom is -0.490 e. The Labute approximate surface area is 118 Å². The highest BCUT2D eigenvalue weighted by Gasteiger charge is 2.18. The van der Waals surface area contributed by atoms with Crippen LogP contribution in [0.4, 0.5) is 0 Å². The predicted molar refractivity (Wildman–Crippen MR) is 77.1 cm³/mol. The van der Waals surface area contributed by atoms with Crippen molar-refractivity contribution in [3.8, 4) is 5.75 Å². The highest BCUT2D eigenvalue weighted by molar-refractivity contribution is 6.11. The molecule has 2 rings (SSSR count). The number of carbonyl (C=O) groups is 1. The summed E-state index contributed by atoms with van der Waals surface area (Å²) in [5.74, 6) is 0.512. The molecule has 20 heavy (non-hydrogen) atoms. The molecule has 0 bridgehead atoms. The van der Waals surface area contributed by atoms with Gasteiger partial charge in [0.25, 0.3) is 0 Å². The number of carbonyl (C=O) groups excluding carboxylic acids is 1. The Morgan fingerprint density at radius 3 is 2.50 bits per heavy atom. The van der Waals surface area contributed by atoms with Crippen molar-refractivity contribution in [1.29, 1.82) is 0 Å². The molecule has 0 aliphatic rings. The normalized spacial score (nSPS) is 10.7. The van der Waals surface area contributed by atoms with E-state index in [1.807, 2.05) is 39.0 Å². The molecular weight excluding hydrogens is 252 g/mol. The molecule has 1 heterocycles. The summed E-state index contributed by atoms with van der Waals surface area (Å²) in [6.45, 7) is 7.47.